The van der Waals surface area contributed by atoms with E-state index in [1.807, 2.05) is 31.2 Å². The Morgan fingerprint density at radius 1 is 1.30 bits per heavy atom. The minimum absolute atomic E-state index is 0.299. The van der Waals surface area contributed by atoms with Gasteiger partial charge in [-0.2, -0.15) is 0 Å². The molecule has 0 unspecified atom stereocenters. The van der Waals surface area contributed by atoms with Crippen molar-refractivity contribution in [2.45, 2.75) is 13.8 Å². The first-order valence-corrected chi connectivity index (χ1v) is 6.49. The van der Waals surface area contributed by atoms with E-state index in [0.717, 1.165) is 5.56 Å². The summed E-state index contributed by atoms with van der Waals surface area (Å²) < 4.78 is 5.45. The zero-order chi connectivity index (χ0) is 15.0. The van der Waals surface area contributed by atoms with Crippen LogP contribution in [0, 0.1) is 0 Å². The molecule has 0 bridgehead atoms. The summed E-state index contributed by atoms with van der Waals surface area (Å²) in [5.41, 5.74) is 0.786. The average Bonchev–Trinajstić information content (AvgIpc) is 2.43. The molecule has 0 saturated heterocycles. The monoisotopic (exact) mass is 277 g/mol. The predicted octanol–water partition coefficient (Wildman–Crippen LogP) is 2.03. The molecule has 5 heteroatoms. The smallest absolute Gasteiger partial charge is 0.323 e. The number of hydrogen-bond donors (Lipinski definition) is 1. The SMILES string of the molecule is CCOc1ccccc1/C=C/C(=O)N(CC)CC(=O)O. The van der Waals surface area contributed by atoms with Crippen molar-refractivity contribution in [1.29, 1.82) is 0 Å². The number of carbonyl (C=O) groups is 2. The second-order valence-electron chi connectivity index (χ2n) is 4.05. The third-order valence-corrected chi connectivity index (χ3v) is 2.64. The highest BCUT2D eigenvalue weighted by Gasteiger charge is 2.12. The molecule has 0 radical (unpaired) electrons. The first kappa shape index (κ1) is 15.8. The van der Waals surface area contributed by atoms with Gasteiger partial charge >= 0.3 is 5.97 Å². The molecule has 1 aromatic rings. The van der Waals surface area contributed by atoms with Gasteiger partial charge in [-0.25, -0.2) is 0 Å². The number of ether oxygens (including phenoxy) is 1. The lowest BCUT2D eigenvalue weighted by Crippen LogP contribution is -2.34. The molecule has 1 rings (SSSR count). The fourth-order valence-electron chi connectivity index (χ4n) is 1.68. The lowest BCUT2D eigenvalue weighted by Gasteiger charge is -2.16. The van der Waals surface area contributed by atoms with E-state index >= 15 is 0 Å². The maximum absolute atomic E-state index is 11.9. The summed E-state index contributed by atoms with van der Waals surface area (Å²) >= 11 is 0. The quantitative estimate of drug-likeness (QED) is 0.774. The van der Waals surface area contributed by atoms with Crippen LogP contribution in [0.5, 0.6) is 5.75 Å². The number of amides is 1. The minimum Gasteiger partial charge on any atom is -0.493 e. The van der Waals surface area contributed by atoms with Crippen LogP contribution < -0.4 is 4.74 Å². The largest absolute Gasteiger partial charge is 0.493 e. The third kappa shape index (κ3) is 4.76. The van der Waals surface area contributed by atoms with Crippen molar-refractivity contribution in [2.75, 3.05) is 19.7 Å². The first-order chi connectivity index (χ1) is 9.58. The van der Waals surface area contributed by atoms with Gasteiger partial charge in [-0.15, -0.1) is 0 Å². The zero-order valence-corrected chi connectivity index (χ0v) is 11.7. The average molecular weight is 277 g/mol. The second-order valence-corrected chi connectivity index (χ2v) is 4.05. The highest BCUT2D eigenvalue weighted by Crippen LogP contribution is 2.19. The van der Waals surface area contributed by atoms with Gasteiger partial charge in [0.1, 0.15) is 12.3 Å². The summed E-state index contributed by atoms with van der Waals surface area (Å²) in [6.07, 6.45) is 3.00. The van der Waals surface area contributed by atoms with Gasteiger partial charge in [0, 0.05) is 18.2 Å². The molecule has 0 fully saturated rings. The Morgan fingerprint density at radius 3 is 2.60 bits per heavy atom. The number of carboxylic acid groups (broad SMARTS) is 1. The summed E-state index contributed by atoms with van der Waals surface area (Å²) in [6.45, 7) is 4.22. The number of rotatable bonds is 7. The molecule has 0 aromatic heterocycles. The zero-order valence-electron chi connectivity index (χ0n) is 11.7. The molecule has 0 aliphatic rings. The van der Waals surface area contributed by atoms with Gasteiger partial charge < -0.3 is 14.7 Å². The lowest BCUT2D eigenvalue weighted by atomic mass is 10.2. The van der Waals surface area contributed by atoms with Crippen LogP contribution >= 0.6 is 0 Å². The van der Waals surface area contributed by atoms with Gasteiger partial charge in [-0.3, -0.25) is 9.59 Å². The second kappa shape index (κ2) is 7.99. The number of para-hydroxylation sites is 1. The molecule has 0 aliphatic carbocycles. The van der Waals surface area contributed by atoms with Gasteiger partial charge in [-0.1, -0.05) is 18.2 Å². The fourth-order valence-corrected chi connectivity index (χ4v) is 1.68. The van der Waals surface area contributed by atoms with E-state index in [0.29, 0.717) is 18.9 Å². The van der Waals surface area contributed by atoms with Crippen LogP contribution in [0.3, 0.4) is 0 Å². The molecule has 1 N–H and O–H groups in total. The summed E-state index contributed by atoms with van der Waals surface area (Å²) in [7, 11) is 0. The van der Waals surface area contributed by atoms with E-state index in [2.05, 4.69) is 0 Å². The van der Waals surface area contributed by atoms with Crippen LogP contribution in [0.1, 0.15) is 19.4 Å². The van der Waals surface area contributed by atoms with Crippen molar-refractivity contribution in [1.82, 2.24) is 4.90 Å². The van der Waals surface area contributed by atoms with Gasteiger partial charge in [-0.05, 0) is 26.0 Å². The van der Waals surface area contributed by atoms with Crippen molar-refractivity contribution in [2.24, 2.45) is 0 Å². The Hall–Kier alpha value is -2.30. The highest BCUT2D eigenvalue weighted by atomic mass is 16.5. The van der Waals surface area contributed by atoms with E-state index in [4.69, 9.17) is 9.84 Å². The molecular formula is C15H19NO4. The number of aliphatic carboxylic acids is 1. The van der Waals surface area contributed by atoms with E-state index in [-0.39, 0.29) is 12.5 Å². The Balaban J connectivity index is 2.80. The summed E-state index contributed by atoms with van der Waals surface area (Å²) in [6, 6.07) is 7.36. The molecular weight excluding hydrogens is 258 g/mol. The number of hydrogen-bond acceptors (Lipinski definition) is 3. The highest BCUT2D eigenvalue weighted by molar-refractivity contribution is 5.93. The van der Waals surface area contributed by atoms with E-state index in [1.165, 1.54) is 11.0 Å². The summed E-state index contributed by atoms with van der Waals surface area (Å²) in [5.74, 6) is -0.662. The van der Waals surface area contributed by atoms with Crippen molar-refractivity contribution < 1.29 is 19.4 Å². The standard InChI is InChI=1S/C15H19NO4/c1-3-16(11-15(18)19)14(17)10-9-12-7-5-6-8-13(12)20-4-2/h5-10H,3-4,11H2,1-2H3,(H,18,19)/b10-9+. The summed E-state index contributed by atoms with van der Waals surface area (Å²) in [5, 5.41) is 8.73. The molecule has 0 atom stereocenters. The number of likely N-dealkylation sites (N-methyl/N-ethyl adjacent to an activating group) is 1. The van der Waals surface area contributed by atoms with Crippen molar-refractivity contribution in [3.63, 3.8) is 0 Å². The maximum Gasteiger partial charge on any atom is 0.323 e. The molecule has 1 amide bonds. The van der Waals surface area contributed by atoms with Gasteiger partial charge in [0.15, 0.2) is 0 Å². The van der Waals surface area contributed by atoms with E-state index in [1.54, 1.807) is 13.0 Å². The molecule has 0 aliphatic heterocycles. The van der Waals surface area contributed by atoms with Crippen LogP contribution in [-0.4, -0.2) is 41.6 Å². The molecule has 0 spiro atoms. The maximum atomic E-state index is 11.9. The Bertz CT molecular complexity index is 496. The molecule has 5 nitrogen and oxygen atoms in total. The topological polar surface area (TPSA) is 66.8 Å². The van der Waals surface area contributed by atoms with E-state index < -0.39 is 5.97 Å². The molecule has 0 heterocycles. The Morgan fingerprint density at radius 2 is 2.00 bits per heavy atom. The van der Waals surface area contributed by atoms with Crippen LogP contribution in [0.4, 0.5) is 0 Å². The Labute approximate surface area is 118 Å². The van der Waals surface area contributed by atoms with Crippen LogP contribution in [-0.2, 0) is 9.59 Å². The fraction of sp³-hybridized carbons (Fsp3) is 0.333. The summed E-state index contributed by atoms with van der Waals surface area (Å²) in [4.78, 5) is 23.8. The van der Waals surface area contributed by atoms with Crippen molar-refractivity contribution >= 4 is 18.0 Å². The Kier molecular flexibility index (Phi) is 6.29. The molecule has 0 saturated carbocycles. The van der Waals surface area contributed by atoms with Gasteiger partial charge in [0.2, 0.25) is 5.91 Å². The van der Waals surface area contributed by atoms with Gasteiger partial charge in [0.25, 0.3) is 0 Å². The first-order valence-electron chi connectivity index (χ1n) is 6.49. The van der Waals surface area contributed by atoms with Crippen molar-refractivity contribution in [3.05, 3.63) is 35.9 Å². The number of carboxylic acids is 1. The third-order valence-electron chi connectivity index (χ3n) is 2.64. The number of benzene rings is 1. The number of nitrogens with zero attached hydrogens (tertiary/aromatic N) is 1. The normalized spacial score (nSPS) is 10.5. The molecule has 108 valence electrons. The molecule has 1 aromatic carbocycles. The number of carbonyl (C=O) groups excluding carboxylic acids is 1. The predicted molar refractivity (Wildman–Crippen MR) is 76.5 cm³/mol. The lowest BCUT2D eigenvalue weighted by molar-refractivity contribution is -0.142. The van der Waals surface area contributed by atoms with Crippen LogP contribution in [0.25, 0.3) is 6.08 Å². The minimum atomic E-state index is -1.02. The van der Waals surface area contributed by atoms with E-state index in [9.17, 15) is 9.59 Å². The molecule has 20 heavy (non-hydrogen) atoms. The van der Waals surface area contributed by atoms with Gasteiger partial charge in [0.05, 0.1) is 6.61 Å². The van der Waals surface area contributed by atoms with Crippen LogP contribution in [0.2, 0.25) is 0 Å². The van der Waals surface area contributed by atoms with Crippen LogP contribution in [0.15, 0.2) is 30.3 Å². The van der Waals surface area contributed by atoms with Crippen molar-refractivity contribution in [3.8, 4) is 5.75 Å².